The van der Waals surface area contributed by atoms with Gasteiger partial charge in [0.05, 0.1) is 10.0 Å². The summed E-state index contributed by atoms with van der Waals surface area (Å²) >= 11 is 11.9. The van der Waals surface area contributed by atoms with Gasteiger partial charge >= 0.3 is 5.97 Å². The van der Waals surface area contributed by atoms with Gasteiger partial charge in [-0.25, -0.2) is 4.79 Å². The number of allylic oxidation sites excluding steroid dienone is 2. The molecule has 0 radical (unpaired) electrons. The van der Waals surface area contributed by atoms with E-state index in [9.17, 15) is 9.59 Å². The van der Waals surface area contributed by atoms with Crippen LogP contribution < -0.4 is 5.32 Å². The lowest BCUT2D eigenvalue weighted by molar-refractivity contribution is -0.134. The summed E-state index contributed by atoms with van der Waals surface area (Å²) in [6.07, 6.45) is 4.50. The second-order valence-electron chi connectivity index (χ2n) is 4.50. The number of hydrogen-bond donors (Lipinski definition) is 3. The molecule has 22 heavy (non-hydrogen) atoms. The molecule has 1 amide bonds. The maximum absolute atomic E-state index is 10.9. The summed E-state index contributed by atoms with van der Waals surface area (Å²) in [5.74, 6) is -1.66. The number of rotatable bonds is 4. The predicted octanol–water partition coefficient (Wildman–Crippen LogP) is 3.59. The second-order valence-corrected chi connectivity index (χ2v) is 5.32. The van der Waals surface area contributed by atoms with E-state index in [0.717, 1.165) is 16.6 Å². The minimum atomic E-state index is -1.21. The van der Waals surface area contributed by atoms with Gasteiger partial charge in [-0.15, -0.1) is 0 Å². The number of carbonyl (C=O) groups excluding carboxylic acids is 1. The highest BCUT2D eigenvalue weighted by Gasteiger charge is 2.07. The van der Waals surface area contributed by atoms with Crippen LogP contribution >= 0.6 is 23.2 Å². The normalized spacial score (nSPS) is 12.0. The molecule has 0 bridgehead atoms. The molecule has 1 aromatic carbocycles. The van der Waals surface area contributed by atoms with Crippen molar-refractivity contribution in [1.29, 1.82) is 0 Å². The maximum atomic E-state index is 10.9. The minimum Gasteiger partial charge on any atom is -0.477 e. The van der Waals surface area contributed by atoms with Gasteiger partial charge in [0.2, 0.25) is 5.91 Å². The van der Waals surface area contributed by atoms with Crippen molar-refractivity contribution >= 4 is 52.1 Å². The Balaban J connectivity index is 2.25. The number of H-pyrrole nitrogens is 1. The van der Waals surface area contributed by atoms with E-state index >= 15 is 0 Å². The molecule has 0 saturated carbocycles. The Bertz CT molecular complexity index is 767. The van der Waals surface area contributed by atoms with Crippen molar-refractivity contribution in [3.8, 4) is 0 Å². The molecule has 0 spiro atoms. The number of halogens is 2. The van der Waals surface area contributed by atoms with Crippen LogP contribution in [-0.4, -0.2) is 22.0 Å². The summed E-state index contributed by atoms with van der Waals surface area (Å²) in [6, 6.07) is 5.30. The Morgan fingerprint density at radius 3 is 2.55 bits per heavy atom. The van der Waals surface area contributed by atoms with Crippen LogP contribution in [0.1, 0.15) is 12.6 Å². The molecule has 1 aromatic heterocycles. The van der Waals surface area contributed by atoms with Crippen molar-refractivity contribution in [1.82, 2.24) is 10.3 Å². The van der Waals surface area contributed by atoms with Crippen LogP contribution in [0.3, 0.4) is 0 Å². The third-order valence-corrected chi connectivity index (χ3v) is 3.48. The Labute approximate surface area is 136 Å². The molecule has 3 N–H and O–H groups in total. The highest BCUT2D eigenvalue weighted by molar-refractivity contribution is 6.42. The van der Waals surface area contributed by atoms with Gasteiger partial charge in [0.1, 0.15) is 5.70 Å². The Hall–Kier alpha value is -2.24. The van der Waals surface area contributed by atoms with Crippen molar-refractivity contribution in [3.63, 3.8) is 0 Å². The fraction of sp³-hybridized carbons (Fsp3) is 0.0667. The molecular formula is C15H12Cl2N2O3. The molecule has 0 saturated heterocycles. The first-order valence-electron chi connectivity index (χ1n) is 6.24. The van der Waals surface area contributed by atoms with Crippen LogP contribution in [0.5, 0.6) is 0 Å². The van der Waals surface area contributed by atoms with E-state index in [4.69, 9.17) is 28.3 Å². The number of carboxylic acids is 1. The fourth-order valence-corrected chi connectivity index (χ4v) is 2.18. The van der Waals surface area contributed by atoms with E-state index in [2.05, 4.69) is 10.3 Å². The Morgan fingerprint density at radius 2 is 1.91 bits per heavy atom. The lowest BCUT2D eigenvalue weighted by Gasteiger charge is -2.00. The zero-order valence-corrected chi connectivity index (χ0v) is 13.0. The molecule has 1 heterocycles. The highest BCUT2D eigenvalue weighted by Crippen LogP contribution is 2.28. The van der Waals surface area contributed by atoms with Crippen molar-refractivity contribution in [3.05, 3.63) is 51.8 Å². The van der Waals surface area contributed by atoms with Gasteiger partial charge in [-0.3, -0.25) is 4.79 Å². The molecule has 5 nitrogen and oxygen atoms in total. The Kier molecular flexibility index (Phi) is 4.90. The minimum absolute atomic E-state index is 0.203. The zero-order chi connectivity index (χ0) is 16.3. The van der Waals surface area contributed by atoms with E-state index in [0.29, 0.717) is 10.0 Å². The summed E-state index contributed by atoms with van der Waals surface area (Å²) < 4.78 is 0. The molecule has 0 aliphatic heterocycles. The van der Waals surface area contributed by atoms with Crippen LogP contribution in [-0.2, 0) is 9.59 Å². The summed E-state index contributed by atoms with van der Waals surface area (Å²) in [6.45, 7) is 1.24. The fourth-order valence-electron chi connectivity index (χ4n) is 1.84. The van der Waals surface area contributed by atoms with Crippen molar-refractivity contribution in [2.45, 2.75) is 6.92 Å². The largest absolute Gasteiger partial charge is 0.477 e. The molecule has 114 valence electrons. The van der Waals surface area contributed by atoms with E-state index in [1.807, 2.05) is 6.07 Å². The predicted molar refractivity (Wildman–Crippen MR) is 86.9 cm³/mol. The van der Waals surface area contributed by atoms with Crippen molar-refractivity contribution < 1.29 is 14.7 Å². The third-order valence-electron chi connectivity index (χ3n) is 2.76. The summed E-state index contributed by atoms with van der Waals surface area (Å²) in [5.41, 5.74) is 1.36. The third kappa shape index (κ3) is 3.90. The molecular weight excluding hydrogens is 327 g/mol. The van der Waals surface area contributed by atoms with Crippen LogP contribution in [0, 0.1) is 0 Å². The van der Waals surface area contributed by atoms with Crippen molar-refractivity contribution in [2.75, 3.05) is 0 Å². The van der Waals surface area contributed by atoms with E-state index in [1.54, 1.807) is 18.2 Å². The molecule has 0 unspecified atom stereocenters. The molecule has 2 rings (SSSR count). The van der Waals surface area contributed by atoms with Crippen LogP contribution in [0.4, 0.5) is 0 Å². The molecule has 2 aromatic rings. The number of benzene rings is 1. The number of aromatic amines is 1. The van der Waals surface area contributed by atoms with Gasteiger partial charge in [0.25, 0.3) is 0 Å². The number of fused-ring (bicyclic) bond motifs is 1. The van der Waals surface area contributed by atoms with Gasteiger partial charge in [-0.05, 0) is 30.4 Å². The first kappa shape index (κ1) is 16.1. The zero-order valence-electron chi connectivity index (χ0n) is 11.5. The topological polar surface area (TPSA) is 82.2 Å². The average Bonchev–Trinajstić information content (AvgIpc) is 2.79. The number of nitrogens with one attached hydrogen (secondary N) is 2. The van der Waals surface area contributed by atoms with Gasteiger partial charge in [0, 0.05) is 23.5 Å². The van der Waals surface area contributed by atoms with Crippen molar-refractivity contribution in [2.24, 2.45) is 0 Å². The standard InChI is InChI=1S/C15H12Cl2N2O3/c1-8(20)18-13(15(21)22)4-2-3-10-5-9-6-11(16)12(17)7-14(9)19-10/h2-7,19H,1H3,(H,18,20)(H,21,22). The number of amides is 1. The Morgan fingerprint density at radius 1 is 1.23 bits per heavy atom. The molecule has 0 atom stereocenters. The van der Waals surface area contributed by atoms with Gasteiger partial charge < -0.3 is 15.4 Å². The number of aliphatic carboxylic acids is 1. The second kappa shape index (κ2) is 6.68. The first-order valence-corrected chi connectivity index (χ1v) is 6.99. The van der Waals surface area contributed by atoms with Gasteiger partial charge in [-0.2, -0.15) is 0 Å². The molecule has 7 heteroatoms. The van der Waals surface area contributed by atoms with E-state index in [-0.39, 0.29) is 5.70 Å². The molecule has 0 aliphatic rings. The number of hydrogen-bond acceptors (Lipinski definition) is 2. The number of carboxylic acid groups (broad SMARTS) is 1. The monoisotopic (exact) mass is 338 g/mol. The summed E-state index contributed by atoms with van der Waals surface area (Å²) in [5, 5.41) is 13.0. The first-order chi connectivity index (χ1) is 10.4. The molecule has 0 fully saturated rings. The van der Waals surface area contributed by atoms with Gasteiger partial charge in [0.15, 0.2) is 0 Å². The lowest BCUT2D eigenvalue weighted by Crippen LogP contribution is -2.24. The highest BCUT2D eigenvalue weighted by atomic mass is 35.5. The quantitative estimate of drug-likeness (QED) is 0.588. The van der Waals surface area contributed by atoms with Gasteiger partial charge in [-0.1, -0.05) is 29.3 Å². The van der Waals surface area contributed by atoms with Crippen LogP contribution in [0.2, 0.25) is 10.0 Å². The number of aromatic nitrogens is 1. The average molecular weight is 339 g/mol. The van der Waals surface area contributed by atoms with Crippen LogP contribution in [0.15, 0.2) is 36.0 Å². The summed E-state index contributed by atoms with van der Waals surface area (Å²) in [7, 11) is 0. The molecule has 0 aliphatic carbocycles. The van der Waals surface area contributed by atoms with E-state index < -0.39 is 11.9 Å². The maximum Gasteiger partial charge on any atom is 0.352 e. The number of carbonyl (C=O) groups is 2. The van der Waals surface area contributed by atoms with Crippen LogP contribution in [0.25, 0.3) is 17.0 Å². The summed E-state index contributed by atoms with van der Waals surface area (Å²) in [4.78, 5) is 25.0. The van der Waals surface area contributed by atoms with E-state index in [1.165, 1.54) is 19.1 Å². The smallest absolute Gasteiger partial charge is 0.352 e. The lowest BCUT2D eigenvalue weighted by atomic mass is 10.2. The SMILES string of the molecule is CC(=O)NC(=CC=Cc1cc2cc(Cl)c(Cl)cc2[nH]1)C(=O)O.